The first kappa shape index (κ1) is 22.4. The van der Waals surface area contributed by atoms with Gasteiger partial charge in [0, 0.05) is 62.3 Å². The molecule has 5 heterocycles. The first-order valence-corrected chi connectivity index (χ1v) is 11.6. The highest BCUT2D eigenvalue weighted by molar-refractivity contribution is 5.87. The molecular weight excluding hydrogens is 442 g/mol. The normalized spacial score (nSPS) is 14.2. The Morgan fingerprint density at radius 3 is 2.66 bits per heavy atom. The van der Waals surface area contributed by atoms with Crippen LogP contribution in [0.4, 0.5) is 10.6 Å². The number of amides is 2. The molecule has 10 heteroatoms. The van der Waals surface area contributed by atoms with E-state index in [-0.39, 0.29) is 12.1 Å². The van der Waals surface area contributed by atoms with E-state index in [1.807, 2.05) is 48.6 Å². The molecule has 4 aromatic heterocycles. The second kappa shape index (κ2) is 9.10. The Bertz CT molecular complexity index is 1400. The number of hydrogen-bond acceptors (Lipinski definition) is 5. The van der Waals surface area contributed by atoms with Crippen LogP contribution in [0, 0.1) is 11.3 Å². The smallest absolute Gasteiger partial charge is 0.317 e. The van der Waals surface area contributed by atoms with E-state index in [4.69, 9.17) is 4.98 Å². The third kappa shape index (κ3) is 4.40. The van der Waals surface area contributed by atoms with Crippen molar-refractivity contribution < 1.29 is 9.48 Å². The van der Waals surface area contributed by atoms with Gasteiger partial charge in [-0.3, -0.25) is 0 Å². The molecule has 2 N–H and O–H groups in total. The van der Waals surface area contributed by atoms with Gasteiger partial charge in [0.15, 0.2) is 7.05 Å². The molecule has 0 spiro atoms. The summed E-state index contributed by atoms with van der Waals surface area (Å²) in [6, 6.07) is 8.54. The van der Waals surface area contributed by atoms with Gasteiger partial charge in [0.05, 0.1) is 29.0 Å². The summed E-state index contributed by atoms with van der Waals surface area (Å²) >= 11 is 0. The van der Waals surface area contributed by atoms with E-state index in [0.29, 0.717) is 5.56 Å². The summed E-state index contributed by atoms with van der Waals surface area (Å²) in [7, 11) is 5.44. The minimum atomic E-state index is -0.0514. The van der Waals surface area contributed by atoms with Crippen LogP contribution in [0.15, 0.2) is 49.2 Å². The van der Waals surface area contributed by atoms with Crippen LogP contribution in [0.2, 0.25) is 0 Å². The summed E-state index contributed by atoms with van der Waals surface area (Å²) in [6.45, 7) is 1.66. The fourth-order valence-electron chi connectivity index (χ4n) is 4.48. The van der Waals surface area contributed by atoms with Gasteiger partial charge in [0.1, 0.15) is 11.9 Å². The highest BCUT2D eigenvalue weighted by atomic mass is 16.2. The van der Waals surface area contributed by atoms with Crippen molar-refractivity contribution >= 4 is 17.4 Å². The Kier molecular flexibility index (Phi) is 5.82. The molecule has 0 aliphatic carbocycles. The highest BCUT2D eigenvalue weighted by Crippen LogP contribution is 2.32. The van der Waals surface area contributed by atoms with Crippen molar-refractivity contribution in [2.24, 2.45) is 7.05 Å². The van der Waals surface area contributed by atoms with E-state index in [1.165, 1.54) is 0 Å². The maximum absolute atomic E-state index is 11.9. The second-order valence-electron chi connectivity index (χ2n) is 9.08. The number of aryl methyl sites for hydroxylation is 1. The van der Waals surface area contributed by atoms with Crippen molar-refractivity contribution in [2.45, 2.75) is 18.9 Å². The first-order valence-electron chi connectivity index (χ1n) is 11.6. The summed E-state index contributed by atoms with van der Waals surface area (Å²) in [4.78, 5) is 20.5. The number of piperidine rings is 1. The average Bonchev–Trinajstić information content (AvgIpc) is 3.50. The van der Waals surface area contributed by atoms with Crippen molar-refractivity contribution in [3.05, 3.63) is 54.7 Å². The van der Waals surface area contributed by atoms with Crippen LogP contribution in [0.5, 0.6) is 0 Å². The molecule has 1 aliphatic rings. The molecule has 0 atom stereocenters. The number of pyridine rings is 2. The number of fused-ring (bicyclic) bond motifs is 1. The zero-order chi connectivity index (χ0) is 24.5. The lowest BCUT2D eigenvalue weighted by Crippen LogP contribution is -2.47. The minimum absolute atomic E-state index is 0.0514. The van der Waals surface area contributed by atoms with Gasteiger partial charge in [-0.25, -0.2) is 14.3 Å². The number of rotatable bonds is 4. The zero-order valence-corrected chi connectivity index (χ0v) is 20.1. The van der Waals surface area contributed by atoms with Crippen molar-refractivity contribution in [2.75, 3.05) is 32.1 Å². The Morgan fingerprint density at radius 1 is 1.23 bits per heavy atom. The molecular formula is C25H28N9O+. The number of H-pyrrole nitrogens is 1. The van der Waals surface area contributed by atoms with Gasteiger partial charge in [-0.1, -0.05) is 0 Å². The molecule has 4 aromatic rings. The molecule has 0 saturated carbocycles. The average molecular weight is 471 g/mol. The lowest BCUT2D eigenvalue weighted by molar-refractivity contribution is -0.726. The molecule has 35 heavy (non-hydrogen) atoms. The Labute approximate surface area is 203 Å². The summed E-state index contributed by atoms with van der Waals surface area (Å²) in [5.41, 5.74) is 5.14. The number of aromatic nitrogens is 5. The van der Waals surface area contributed by atoms with Crippen molar-refractivity contribution in [1.82, 2.24) is 29.9 Å². The molecule has 10 nitrogen and oxygen atoms in total. The van der Waals surface area contributed by atoms with Crippen molar-refractivity contribution in [1.29, 1.82) is 5.26 Å². The summed E-state index contributed by atoms with van der Waals surface area (Å²) in [5, 5.41) is 20.3. The van der Waals surface area contributed by atoms with Crippen LogP contribution < -0.4 is 14.9 Å². The lowest BCUT2D eigenvalue weighted by atomic mass is 10.0. The van der Waals surface area contributed by atoms with Gasteiger partial charge in [0.2, 0.25) is 6.20 Å². The van der Waals surface area contributed by atoms with Crippen LogP contribution in [-0.4, -0.2) is 63.9 Å². The molecule has 2 amide bonds. The minimum Gasteiger partial charge on any atom is -0.356 e. The third-order valence-electron chi connectivity index (χ3n) is 6.43. The van der Waals surface area contributed by atoms with E-state index in [2.05, 4.69) is 32.5 Å². The summed E-state index contributed by atoms with van der Waals surface area (Å²) in [6.07, 6.45) is 11.1. The number of aromatic amines is 1. The van der Waals surface area contributed by atoms with Crippen LogP contribution in [0.25, 0.3) is 27.8 Å². The third-order valence-corrected chi connectivity index (χ3v) is 6.43. The van der Waals surface area contributed by atoms with Gasteiger partial charge >= 0.3 is 6.03 Å². The number of hydrogen-bond donors (Lipinski definition) is 2. The van der Waals surface area contributed by atoms with Gasteiger partial charge in [0.25, 0.3) is 0 Å². The van der Waals surface area contributed by atoms with Crippen LogP contribution in [0.1, 0.15) is 18.4 Å². The number of nitriles is 1. The Balaban J connectivity index is 1.41. The van der Waals surface area contributed by atoms with E-state index in [1.54, 1.807) is 29.7 Å². The van der Waals surface area contributed by atoms with E-state index in [0.717, 1.165) is 59.5 Å². The van der Waals surface area contributed by atoms with E-state index < -0.39 is 0 Å². The number of carbonyl (C=O) groups is 1. The highest BCUT2D eigenvalue weighted by Gasteiger charge is 2.22. The van der Waals surface area contributed by atoms with Gasteiger partial charge in [-0.2, -0.15) is 15.5 Å². The number of anilines is 1. The number of urea groups is 1. The SMILES string of the molecule is CN(C)C(=O)NC1CCN(c2ccc(-c3cc(-c4c[nH][n+](C)c4)cn4ncc(C#N)c34)cn2)CC1. The lowest BCUT2D eigenvalue weighted by Gasteiger charge is -2.33. The predicted octanol–water partition coefficient (Wildman–Crippen LogP) is 2.33. The largest absolute Gasteiger partial charge is 0.356 e. The molecule has 5 rings (SSSR count). The molecule has 0 bridgehead atoms. The van der Waals surface area contributed by atoms with Gasteiger partial charge in [-0.15, -0.1) is 4.68 Å². The molecule has 0 aromatic carbocycles. The quantitative estimate of drug-likeness (QED) is 0.445. The molecule has 0 unspecified atom stereocenters. The topological polar surface area (TPSA) is 109 Å². The molecule has 178 valence electrons. The van der Waals surface area contributed by atoms with E-state index >= 15 is 0 Å². The van der Waals surface area contributed by atoms with Gasteiger partial charge < -0.3 is 15.1 Å². The Hall–Kier alpha value is -4.39. The number of carbonyl (C=O) groups excluding carboxylic acids is 1. The zero-order valence-electron chi connectivity index (χ0n) is 20.1. The van der Waals surface area contributed by atoms with Gasteiger partial charge in [-0.05, 0) is 31.0 Å². The monoisotopic (exact) mass is 470 g/mol. The fourth-order valence-corrected chi connectivity index (χ4v) is 4.48. The predicted molar refractivity (Wildman–Crippen MR) is 132 cm³/mol. The molecule has 0 radical (unpaired) electrons. The maximum atomic E-state index is 11.9. The van der Waals surface area contributed by atoms with Crippen molar-refractivity contribution in [3.8, 4) is 28.3 Å². The van der Waals surface area contributed by atoms with Crippen LogP contribution >= 0.6 is 0 Å². The second-order valence-corrected chi connectivity index (χ2v) is 9.08. The number of nitrogens with zero attached hydrogens (tertiary/aromatic N) is 7. The fraction of sp³-hybridized carbons (Fsp3) is 0.320. The van der Waals surface area contributed by atoms with E-state index in [9.17, 15) is 10.1 Å². The van der Waals surface area contributed by atoms with Crippen LogP contribution in [-0.2, 0) is 7.05 Å². The molecule has 1 aliphatic heterocycles. The summed E-state index contributed by atoms with van der Waals surface area (Å²) in [5.74, 6) is 0.907. The number of nitrogens with one attached hydrogen (secondary N) is 2. The Morgan fingerprint density at radius 2 is 2.03 bits per heavy atom. The first-order chi connectivity index (χ1) is 16.9. The van der Waals surface area contributed by atoms with Crippen LogP contribution in [0.3, 0.4) is 0 Å². The summed E-state index contributed by atoms with van der Waals surface area (Å²) < 4.78 is 3.64. The maximum Gasteiger partial charge on any atom is 0.317 e. The standard InChI is InChI=1S/C25H27N9O/c1-31(2)25(35)30-21-6-8-33(9-7-21)23-5-4-17(12-27-23)22-10-18(20-14-28-32(3)15-20)16-34-24(22)19(11-26)13-29-34/h4-5,10,12-16,21H,6-9H2,1-3H3,(H,30,35)/p+1. The molecule has 1 fully saturated rings. The van der Waals surface area contributed by atoms with Crippen molar-refractivity contribution in [3.63, 3.8) is 0 Å². The molecule has 1 saturated heterocycles.